The Bertz CT molecular complexity index is 930. The minimum atomic E-state index is -3.49. The second kappa shape index (κ2) is 6.96. The lowest BCUT2D eigenvalue weighted by Gasteiger charge is -2.20. The van der Waals surface area contributed by atoms with Gasteiger partial charge >= 0.3 is 0 Å². The number of aryl methyl sites for hydroxylation is 1. The zero-order valence-electron chi connectivity index (χ0n) is 15.0. The molecule has 138 valence electrons. The van der Waals surface area contributed by atoms with Crippen LogP contribution in [-0.4, -0.2) is 24.8 Å². The van der Waals surface area contributed by atoms with E-state index in [2.05, 4.69) is 10.0 Å². The van der Waals surface area contributed by atoms with Gasteiger partial charge in [0.1, 0.15) is 0 Å². The van der Waals surface area contributed by atoms with E-state index in [1.165, 1.54) is 10.5 Å². The van der Waals surface area contributed by atoms with Crippen molar-refractivity contribution in [2.45, 2.75) is 36.8 Å². The molecule has 26 heavy (non-hydrogen) atoms. The maximum Gasteiger partial charge on any atom is 0.255 e. The van der Waals surface area contributed by atoms with Crippen LogP contribution in [0.4, 0.5) is 11.4 Å². The number of fused-ring (bicyclic) bond motifs is 1. The summed E-state index contributed by atoms with van der Waals surface area (Å²) in [4.78, 5) is 13.7. The largest absolute Gasteiger partial charge is 0.322 e. The second-order valence-electron chi connectivity index (χ2n) is 7.17. The van der Waals surface area contributed by atoms with E-state index in [1.54, 1.807) is 45.0 Å². The van der Waals surface area contributed by atoms with Crippen LogP contribution < -0.4 is 10.0 Å². The molecule has 0 atom stereocenters. The molecule has 1 amide bonds. The fourth-order valence-electron chi connectivity index (χ4n) is 2.47. The second-order valence-corrected chi connectivity index (χ2v) is 10.7. The Morgan fingerprint density at radius 3 is 2.35 bits per heavy atom. The zero-order chi connectivity index (χ0) is 18.9. The quantitative estimate of drug-likeness (QED) is 0.823. The van der Waals surface area contributed by atoms with Crippen LogP contribution in [0.25, 0.3) is 0 Å². The molecular formula is C19H22N2O3S2. The molecule has 2 N–H and O–H groups in total. The summed E-state index contributed by atoms with van der Waals surface area (Å²) < 4.78 is 26.0. The topological polar surface area (TPSA) is 75.3 Å². The van der Waals surface area contributed by atoms with Gasteiger partial charge in [0, 0.05) is 27.6 Å². The van der Waals surface area contributed by atoms with E-state index in [-0.39, 0.29) is 5.91 Å². The number of hydrogen-bond acceptors (Lipinski definition) is 4. The zero-order valence-corrected chi connectivity index (χ0v) is 16.6. The van der Waals surface area contributed by atoms with Gasteiger partial charge in [-0.05, 0) is 75.2 Å². The van der Waals surface area contributed by atoms with Crippen molar-refractivity contribution >= 4 is 39.1 Å². The first-order valence-electron chi connectivity index (χ1n) is 8.35. The third-order valence-corrected chi connectivity index (χ3v) is 7.39. The number of thioether (sulfide) groups is 1. The number of carbonyl (C=O) groups excluding carboxylic acids is 1. The third-order valence-electron chi connectivity index (χ3n) is 4.15. The van der Waals surface area contributed by atoms with Gasteiger partial charge < -0.3 is 5.32 Å². The molecule has 1 aliphatic heterocycles. The molecule has 1 heterocycles. The molecule has 5 nitrogen and oxygen atoms in total. The summed E-state index contributed by atoms with van der Waals surface area (Å²) >= 11 is 1.83. The van der Waals surface area contributed by atoms with Crippen LogP contribution in [0, 0.1) is 0 Å². The van der Waals surface area contributed by atoms with E-state index < -0.39 is 14.8 Å². The first-order valence-corrected chi connectivity index (χ1v) is 10.8. The van der Waals surface area contributed by atoms with Crippen molar-refractivity contribution in [3.63, 3.8) is 0 Å². The number of rotatable bonds is 4. The maximum atomic E-state index is 12.4. The van der Waals surface area contributed by atoms with E-state index in [0.29, 0.717) is 11.3 Å². The lowest BCUT2D eigenvalue weighted by atomic mass is 10.1. The normalized spacial score (nSPS) is 14.0. The molecule has 0 spiro atoms. The molecular weight excluding hydrogens is 368 g/mol. The fraction of sp³-hybridized carbons (Fsp3) is 0.316. The lowest BCUT2D eigenvalue weighted by Crippen LogP contribution is -2.33. The van der Waals surface area contributed by atoms with E-state index in [4.69, 9.17) is 0 Å². The predicted octanol–water partition coefficient (Wildman–Crippen LogP) is 4.13. The molecule has 0 aromatic heterocycles. The molecule has 2 aromatic rings. The summed E-state index contributed by atoms with van der Waals surface area (Å²) in [7, 11) is -3.49. The van der Waals surface area contributed by atoms with Crippen LogP contribution in [-0.2, 0) is 16.4 Å². The standard InChI is InChI=1S/C19H22N2O3S2/c1-19(2,3)26(23,24)21-15-6-4-13(5-7-15)18(22)20-16-8-9-17-14(12-16)10-11-25-17/h4-9,12,21H,10-11H2,1-3H3,(H,20,22). The number of benzene rings is 2. The Labute approximate surface area is 158 Å². The molecule has 1 aliphatic rings. The average molecular weight is 391 g/mol. The lowest BCUT2D eigenvalue weighted by molar-refractivity contribution is 0.102. The van der Waals surface area contributed by atoms with E-state index in [1.807, 2.05) is 30.0 Å². The summed E-state index contributed by atoms with van der Waals surface area (Å²) in [6.45, 7) is 4.89. The first kappa shape index (κ1) is 18.8. The van der Waals surface area contributed by atoms with Crippen LogP contribution in [0.5, 0.6) is 0 Å². The smallest absolute Gasteiger partial charge is 0.255 e. The van der Waals surface area contributed by atoms with Crippen molar-refractivity contribution < 1.29 is 13.2 Å². The number of anilines is 2. The predicted molar refractivity (Wildman–Crippen MR) is 108 cm³/mol. The summed E-state index contributed by atoms with van der Waals surface area (Å²) in [6.07, 6.45) is 1.02. The highest BCUT2D eigenvalue weighted by Gasteiger charge is 2.28. The van der Waals surface area contributed by atoms with Gasteiger partial charge in [0.25, 0.3) is 5.91 Å². The third kappa shape index (κ3) is 4.04. The van der Waals surface area contributed by atoms with Crippen LogP contribution in [0.2, 0.25) is 0 Å². The highest BCUT2D eigenvalue weighted by Crippen LogP contribution is 2.33. The van der Waals surface area contributed by atoms with E-state index in [0.717, 1.165) is 17.9 Å². The van der Waals surface area contributed by atoms with Gasteiger partial charge in [-0.15, -0.1) is 11.8 Å². The molecule has 7 heteroatoms. The van der Waals surface area contributed by atoms with Crippen molar-refractivity contribution in [1.82, 2.24) is 0 Å². The Balaban J connectivity index is 1.69. The summed E-state index contributed by atoms with van der Waals surface area (Å²) in [5.74, 6) is 0.861. The summed E-state index contributed by atoms with van der Waals surface area (Å²) in [6, 6.07) is 12.4. The number of amides is 1. The fourth-order valence-corrected chi connectivity index (χ4v) is 4.27. The van der Waals surface area contributed by atoms with Gasteiger partial charge in [-0.3, -0.25) is 9.52 Å². The molecule has 0 saturated heterocycles. The molecule has 2 aromatic carbocycles. The van der Waals surface area contributed by atoms with E-state index in [9.17, 15) is 13.2 Å². The highest BCUT2D eigenvalue weighted by molar-refractivity contribution is 7.99. The van der Waals surface area contributed by atoms with Gasteiger partial charge in [0.2, 0.25) is 10.0 Å². The molecule has 3 rings (SSSR count). The summed E-state index contributed by atoms with van der Waals surface area (Å²) in [5.41, 5.74) is 2.94. The first-order chi connectivity index (χ1) is 12.2. The molecule has 0 aliphatic carbocycles. The Kier molecular flexibility index (Phi) is 5.03. The number of nitrogens with one attached hydrogen (secondary N) is 2. The minimum absolute atomic E-state index is 0.221. The number of hydrogen-bond donors (Lipinski definition) is 2. The van der Waals surface area contributed by atoms with Crippen molar-refractivity contribution in [2.24, 2.45) is 0 Å². The minimum Gasteiger partial charge on any atom is -0.322 e. The Morgan fingerprint density at radius 1 is 1.04 bits per heavy atom. The average Bonchev–Trinajstić information content (AvgIpc) is 3.01. The van der Waals surface area contributed by atoms with Crippen molar-refractivity contribution in [3.05, 3.63) is 53.6 Å². The van der Waals surface area contributed by atoms with Crippen LogP contribution in [0.15, 0.2) is 47.4 Å². The van der Waals surface area contributed by atoms with Crippen molar-refractivity contribution in [2.75, 3.05) is 15.8 Å². The molecule has 0 radical (unpaired) electrons. The number of carbonyl (C=O) groups is 1. The SMILES string of the molecule is CC(C)(C)S(=O)(=O)Nc1ccc(C(=O)Nc2ccc3c(c2)CCS3)cc1. The van der Waals surface area contributed by atoms with Gasteiger partial charge in [0.05, 0.1) is 4.75 Å². The van der Waals surface area contributed by atoms with Crippen LogP contribution in [0.1, 0.15) is 36.7 Å². The van der Waals surface area contributed by atoms with Gasteiger partial charge in [-0.1, -0.05) is 0 Å². The molecule has 0 unspecified atom stereocenters. The van der Waals surface area contributed by atoms with Gasteiger partial charge in [0.15, 0.2) is 0 Å². The van der Waals surface area contributed by atoms with Gasteiger partial charge in [-0.25, -0.2) is 8.42 Å². The van der Waals surface area contributed by atoms with Crippen LogP contribution in [0.3, 0.4) is 0 Å². The number of sulfonamides is 1. The van der Waals surface area contributed by atoms with Crippen LogP contribution >= 0.6 is 11.8 Å². The van der Waals surface area contributed by atoms with E-state index >= 15 is 0 Å². The Morgan fingerprint density at radius 2 is 1.69 bits per heavy atom. The highest BCUT2D eigenvalue weighted by atomic mass is 32.2. The molecule has 0 bridgehead atoms. The Hall–Kier alpha value is -1.99. The van der Waals surface area contributed by atoms with Crippen molar-refractivity contribution in [1.29, 1.82) is 0 Å². The summed E-state index contributed by atoms with van der Waals surface area (Å²) in [5, 5.41) is 2.89. The maximum absolute atomic E-state index is 12.4. The van der Waals surface area contributed by atoms with Gasteiger partial charge in [-0.2, -0.15) is 0 Å². The van der Waals surface area contributed by atoms with Crippen molar-refractivity contribution in [3.8, 4) is 0 Å². The molecule has 0 saturated carbocycles. The monoisotopic (exact) mass is 390 g/mol. The molecule has 0 fully saturated rings.